The zero-order valence-corrected chi connectivity index (χ0v) is 7.83. The summed E-state index contributed by atoms with van der Waals surface area (Å²) in [5, 5.41) is 3.40. The van der Waals surface area contributed by atoms with E-state index < -0.39 is 0 Å². The predicted octanol–water partition coefficient (Wildman–Crippen LogP) is 2.84. The second-order valence-corrected chi connectivity index (χ2v) is 3.55. The molecule has 1 atom stereocenters. The average Bonchev–Trinajstić information content (AvgIpc) is 2.13. The Bertz CT molecular complexity index is 318. The number of hydrogen-bond donors (Lipinski definition) is 1. The lowest BCUT2D eigenvalue weighted by Crippen LogP contribution is -2.13. The predicted molar refractivity (Wildman–Crippen MR) is 56.9 cm³/mol. The van der Waals surface area contributed by atoms with Crippen LogP contribution in [-0.2, 0) is 0 Å². The van der Waals surface area contributed by atoms with E-state index in [9.17, 15) is 0 Å². The van der Waals surface area contributed by atoms with E-state index in [0.29, 0.717) is 5.92 Å². The minimum atomic E-state index is 0.664. The summed E-state index contributed by atoms with van der Waals surface area (Å²) in [5.41, 5.74) is 2.19. The standard InChI is InChI=1S/C11H14N2/c1-9-6-7-12-10-4-2-3-5-11(10)13-8-9/h2-5,7,9,13H,6,8H2,1H3. The summed E-state index contributed by atoms with van der Waals surface area (Å²) in [4.78, 5) is 4.41. The van der Waals surface area contributed by atoms with Gasteiger partial charge >= 0.3 is 0 Å². The molecule has 0 aliphatic carbocycles. The van der Waals surface area contributed by atoms with Crippen molar-refractivity contribution in [1.82, 2.24) is 0 Å². The number of aliphatic imine (C=N–C) groups is 1. The van der Waals surface area contributed by atoms with E-state index >= 15 is 0 Å². The SMILES string of the molecule is CC1CC=Nc2ccccc2NC1. The van der Waals surface area contributed by atoms with Crippen LogP contribution in [0.25, 0.3) is 0 Å². The maximum Gasteiger partial charge on any atom is 0.0857 e. The molecule has 1 heterocycles. The van der Waals surface area contributed by atoms with Gasteiger partial charge < -0.3 is 5.32 Å². The second kappa shape index (κ2) is 3.60. The molecule has 0 radical (unpaired) electrons. The van der Waals surface area contributed by atoms with Crippen LogP contribution in [0.4, 0.5) is 11.4 Å². The zero-order valence-electron chi connectivity index (χ0n) is 7.83. The largest absolute Gasteiger partial charge is 0.383 e. The van der Waals surface area contributed by atoms with Gasteiger partial charge in [0.15, 0.2) is 0 Å². The van der Waals surface area contributed by atoms with Crippen LogP contribution in [0, 0.1) is 5.92 Å². The molecule has 2 heteroatoms. The Morgan fingerprint density at radius 1 is 1.38 bits per heavy atom. The summed E-state index contributed by atoms with van der Waals surface area (Å²) in [5.74, 6) is 0.664. The Hall–Kier alpha value is -1.31. The highest BCUT2D eigenvalue weighted by molar-refractivity contribution is 5.73. The van der Waals surface area contributed by atoms with Crippen LogP contribution in [0.5, 0.6) is 0 Å². The molecule has 1 aliphatic heterocycles. The number of nitrogens with zero attached hydrogens (tertiary/aromatic N) is 1. The minimum absolute atomic E-state index is 0.664. The van der Waals surface area contributed by atoms with Crippen LogP contribution in [0.15, 0.2) is 29.3 Å². The Morgan fingerprint density at radius 3 is 3.15 bits per heavy atom. The second-order valence-electron chi connectivity index (χ2n) is 3.55. The summed E-state index contributed by atoms with van der Waals surface area (Å²) in [6.45, 7) is 3.26. The first-order valence-electron chi connectivity index (χ1n) is 4.71. The molecule has 0 fully saturated rings. The molecule has 2 nitrogen and oxygen atoms in total. The van der Waals surface area contributed by atoms with Gasteiger partial charge in [-0.1, -0.05) is 19.1 Å². The number of para-hydroxylation sites is 2. The first-order chi connectivity index (χ1) is 6.36. The van der Waals surface area contributed by atoms with Gasteiger partial charge in [-0.3, -0.25) is 4.99 Å². The number of nitrogens with one attached hydrogen (secondary N) is 1. The van der Waals surface area contributed by atoms with Gasteiger partial charge in [-0.2, -0.15) is 0 Å². The quantitative estimate of drug-likeness (QED) is 0.642. The zero-order chi connectivity index (χ0) is 9.10. The lowest BCUT2D eigenvalue weighted by Gasteiger charge is -2.15. The van der Waals surface area contributed by atoms with Crippen molar-refractivity contribution in [3.63, 3.8) is 0 Å². The molecule has 1 aromatic carbocycles. The molecule has 0 aromatic heterocycles. The van der Waals surface area contributed by atoms with E-state index in [1.54, 1.807) is 0 Å². The molecule has 68 valence electrons. The first kappa shape index (κ1) is 8.30. The number of rotatable bonds is 0. The third-order valence-corrected chi connectivity index (χ3v) is 2.28. The van der Waals surface area contributed by atoms with Crippen LogP contribution < -0.4 is 5.32 Å². The van der Waals surface area contributed by atoms with Gasteiger partial charge in [-0.25, -0.2) is 0 Å². The van der Waals surface area contributed by atoms with Crippen molar-refractivity contribution in [2.45, 2.75) is 13.3 Å². The highest BCUT2D eigenvalue weighted by Gasteiger charge is 2.05. The number of hydrogen-bond acceptors (Lipinski definition) is 2. The molecule has 0 bridgehead atoms. The summed E-state index contributed by atoms with van der Waals surface area (Å²) in [6, 6.07) is 8.16. The Labute approximate surface area is 78.7 Å². The van der Waals surface area contributed by atoms with Crippen LogP contribution in [0.3, 0.4) is 0 Å². The smallest absolute Gasteiger partial charge is 0.0857 e. The van der Waals surface area contributed by atoms with E-state index in [2.05, 4.69) is 23.3 Å². The molecule has 1 aromatic rings. The number of anilines is 1. The van der Waals surface area contributed by atoms with Gasteiger partial charge in [0.1, 0.15) is 0 Å². The molecular formula is C11H14N2. The highest BCUT2D eigenvalue weighted by Crippen LogP contribution is 2.25. The van der Waals surface area contributed by atoms with Gasteiger partial charge in [0.2, 0.25) is 0 Å². The van der Waals surface area contributed by atoms with E-state index in [4.69, 9.17) is 0 Å². The normalized spacial score (nSPS) is 21.2. The first-order valence-corrected chi connectivity index (χ1v) is 4.71. The summed E-state index contributed by atoms with van der Waals surface area (Å²) in [7, 11) is 0. The van der Waals surface area contributed by atoms with Crippen LogP contribution in [-0.4, -0.2) is 12.8 Å². The van der Waals surface area contributed by atoms with E-state index in [0.717, 1.165) is 24.3 Å². The van der Waals surface area contributed by atoms with Crippen molar-refractivity contribution in [2.24, 2.45) is 10.9 Å². The summed E-state index contributed by atoms with van der Waals surface area (Å²) in [6.07, 6.45) is 3.08. The lowest BCUT2D eigenvalue weighted by molar-refractivity contribution is 0.647. The van der Waals surface area contributed by atoms with Crippen molar-refractivity contribution in [1.29, 1.82) is 0 Å². The van der Waals surface area contributed by atoms with Gasteiger partial charge in [0.05, 0.1) is 11.4 Å². The van der Waals surface area contributed by atoms with Gasteiger partial charge in [0, 0.05) is 12.8 Å². The van der Waals surface area contributed by atoms with Crippen LogP contribution in [0.2, 0.25) is 0 Å². The molecule has 13 heavy (non-hydrogen) atoms. The third-order valence-electron chi connectivity index (χ3n) is 2.28. The topological polar surface area (TPSA) is 24.4 Å². The summed E-state index contributed by atoms with van der Waals surface area (Å²) < 4.78 is 0. The number of benzene rings is 1. The summed E-state index contributed by atoms with van der Waals surface area (Å²) >= 11 is 0. The van der Waals surface area contributed by atoms with E-state index in [-0.39, 0.29) is 0 Å². The molecule has 1 unspecified atom stereocenters. The maximum atomic E-state index is 4.41. The van der Waals surface area contributed by atoms with Crippen molar-refractivity contribution < 1.29 is 0 Å². The fraction of sp³-hybridized carbons (Fsp3) is 0.364. The maximum absolute atomic E-state index is 4.41. The Balaban J connectivity index is 2.31. The highest BCUT2D eigenvalue weighted by atomic mass is 14.9. The van der Waals surface area contributed by atoms with Crippen molar-refractivity contribution in [3.8, 4) is 0 Å². The van der Waals surface area contributed by atoms with Crippen LogP contribution >= 0.6 is 0 Å². The molecule has 1 aliphatic rings. The van der Waals surface area contributed by atoms with Crippen molar-refractivity contribution >= 4 is 17.6 Å². The lowest BCUT2D eigenvalue weighted by atomic mass is 10.1. The van der Waals surface area contributed by atoms with E-state index in [1.807, 2.05) is 24.4 Å². The molecule has 0 amide bonds. The Morgan fingerprint density at radius 2 is 2.23 bits per heavy atom. The number of fused-ring (bicyclic) bond motifs is 1. The molecular weight excluding hydrogens is 160 g/mol. The Kier molecular flexibility index (Phi) is 2.30. The molecule has 2 rings (SSSR count). The monoisotopic (exact) mass is 174 g/mol. The molecule has 0 saturated carbocycles. The fourth-order valence-corrected chi connectivity index (χ4v) is 1.43. The third kappa shape index (κ3) is 1.89. The molecule has 1 N–H and O–H groups in total. The average molecular weight is 174 g/mol. The van der Waals surface area contributed by atoms with Gasteiger partial charge in [0.25, 0.3) is 0 Å². The minimum Gasteiger partial charge on any atom is -0.383 e. The van der Waals surface area contributed by atoms with Crippen molar-refractivity contribution in [3.05, 3.63) is 24.3 Å². The van der Waals surface area contributed by atoms with Crippen molar-refractivity contribution in [2.75, 3.05) is 11.9 Å². The van der Waals surface area contributed by atoms with Gasteiger partial charge in [-0.15, -0.1) is 0 Å². The fourth-order valence-electron chi connectivity index (χ4n) is 1.43. The van der Waals surface area contributed by atoms with E-state index in [1.165, 1.54) is 0 Å². The molecule has 0 spiro atoms. The van der Waals surface area contributed by atoms with Crippen LogP contribution in [0.1, 0.15) is 13.3 Å². The van der Waals surface area contributed by atoms with Gasteiger partial charge in [-0.05, 0) is 24.5 Å². The molecule has 0 saturated heterocycles.